The molecule has 1 heterocycles. The number of hydrogen-bond acceptors (Lipinski definition) is 4. The molecular weight excluding hydrogens is 308 g/mol. The van der Waals surface area contributed by atoms with Gasteiger partial charge in [-0.25, -0.2) is 13.6 Å². The normalized spacial score (nSPS) is 21.8. The van der Waals surface area contributed by atoms with Crippen LogP contribution in [-0.4, -0.2) is 42.2 Å². The molecule has 1 amide bonds. The van der Waals surface area contributed by atoms with Crippen LogP contribution in [0.3, 0.4) is 0 Å². The molecule has 1 fully saturated rings. The van der Waals surface area contributed by atoms with E-state index in [0.29, 0.717) is 0 Å². The molecule has 0 saturated carbocycles. The highest BCUT2D eigenvalue weighted by atomic mass is 19.1. The number of nitrogens with zero attached hydrogens (tertiary/aromatic N) is 1. The minimum absolute atomic E-state index is 0.103. The third-order valence-electron chi connectivity index (χ3n) is 3.29. The monoisotopic (exact) mass is 329 g/mol. The summed E-state index contributed by atoms with van der Waals surface area (Å²) in [6.45, 7) is 5.28. The fraction of sp³-hybridized carbons (Fsp3) is 0.562. The Hall–Kier alpha value is -1.73. The van der Waals surface area contributed by atoms with Crippen molar-refractivity contribution < 1.29 is 28.2 Å². The molecule has 0 bridgehead atoms. The largest absolute Gasteiger partial charge is 0.443 e. The average Bonchev–Trinajstić information content (AvgIpc) is 2.41. The topological polar surface area (TPSA) is 59.0 Å². The Balaban J connectivity index is 2.38. The van der Waals surface area contributed by atoms with Gasteiger partial charge >= 0.3 is 6.09 Å². The molecule has 0 spiro atoms. The summed E-state index contributed by atoms with van der Waals surface area (Å²) in [6.07, 6.45) is -1.41. The van der Waals surface area contributed by atoms with E-state index >= 15 is 0 Å². The van der Waals surface area contributed by atoms with E-state index < -0.39 is 35.5 Å². The number of aliphatic hydroxyl groups is 1. The number of ether oxygens (including phenoxy) is 2. The van der Waals surface area contributed by atoms with Crippen molar-refractivity contribution in [2.75, 3.05) is 18.1 Å². The van der Waals surface area contributed by atoms with Crippen molar-refractivity contribution in [1.29, 1.82) is 0 Å². The van der Waals surface area contributed by atoms with E-state index in [1.54, 1.807) is 20.8 Å². The van der Waals surface area contributed by atoms with Crippen molar-refractivity contribution in [1.82, 2.24) is 0 Å². The van der Waals surface area contributed by atoms with E-state index in [1.165, 1.54) is 0 Å². The van der Waals surface area contributed by atoms with E-state index in [-0.39, 0.29) is 25.3 Å². The van der Waals surface area contributed by atoms with Gasteiger partial charge in [0.05, 0.1) is 31.0 Å². The smallest absolute Gasteiger partial charge is 0.415 e. The molecule has 1 aliphatic heterocycles. The third kappa shape index (κ3) is 4.62. The van der Waals surface area contributed by atoms with Crippen molar-refractivity contribution in [3.63, 3.8) is 0 Å². The molecule has 1 N–H and O–H groups in total. The van der Waals surface area contributed by atoms with Crippen LogP contribution in [0.1, 0.15) is 27.2 Å². The van der Waals surface area contributed by atoms with Crippen LogP contribution in [-0.2, 0) is 9.47 Å². The Kier molecular flexibility index (Phi) is 5.21. The van der Waals surface area contributed by atoms with Crippen molar-refractivity contribution >= 4 is 11.8 Å². The summed E-state index contributed by atoms with van der Waals surface area (Å²) in [6, 6.07) is 2.20. The van der Waals surface area contributed by atoms with Crippen LogP contribution in [0.4, 0.5) is 19.3 Å². The predicted molar refractivity (Wildman–Crippen MR) is 80.3 cm³/mol. The van der Waals surface area contributed by atoms with Gasteiger partial charge in [0.1, 0.15) is 17.2 Å². The molecule has 2 rings (SSSR count). The lowest BCUT2D eigenvalue weighted by atomic mass is 10.1. The van der Waals surface area contributed by atoms with Gasteiger partial charge in [-0.3, -0.25) is 4.90 Å². The second kappa shape index (κ2) is 6.80. The van der Waals surface area contributed by atoms with Crippen molar-refractivity contribution in [2.24, 2.45) is 0 Å². The zero-order valence-corrected chi connectivity index (χ0v) is 13.4. The molecule has 1 unspecified atom stereocenters. The Morgan fingerprint density at radius 3 is 2.65 bits per heavy atom. The zero-order chi connectivity index (χ0) is 17.2. The molecule has 7 heteroatoms. The molecule has 5 nitrogen and oxygen atoms in total. The summed E-state index contributed by atoms with van der Waals surface area (Å²) in [5.74, 6) is -1.43. The summed E-state index contributed by atoms with van der Waals surface area (Å²) < 4.78 is 38.2. The number of carbonyl (C=O) groups excluding carboxylic acids is 1. The van der Waals surface area contributed by atoms with Gasteiger partial charge in [0.25, 0.3) is 0 Å². The maximum absolute atomic E-state index is 14.1. The first kappa shape index (κ1) is 17.6. The van der Waals surface area contributed by atoms with Crippen molar-refractivity contribution in [3.8, 4) is 0 Å². The van der Waals surface area contributed by atoms with Gasteiger partial charge in [0.15, 0.2) is 0 Å². The highest BCUT2D eigenvalue weighted by Crippen LogP contribution is 2.28. The van der Waals surface area contributed by atoms with E-state index in [0.717, 1.165) is 23.1 Å². The maximum atomic E-state index is 14.1. The van der Waals surface area contributed by atoms with Gasteiger partial charge in [-0.15, -0.1) is 0 Å². The molecule has 23 heavy (non-hydrogen) atoms. The number of aliphatic hydroxyl groups excluding tert-OH is 1. The lowest BCUT2D eigenvalue weighted by molar-refractivity contribution is -0.0194. The average molecular weight is 329 g/mol. The summed E-state index contributed by atoms with van der Waals surface area (Å²) in [4.78, 5) is 13.5. The molecule has 1 saturated heterocycles. The summed E-state index contributed by atoms with van der Waals surface area (Å²) >= 11 is 0. The quantitative estimate of drug-likeness (QED) is 0.906. The first-order valence-corrected chi connectivity index (χ1v) is 7.40. The Morgan fingerprint density at radius 1 is 1.35 bits per heavy atom. The van der Waals surface area contributed by atoms with Gasteiger partial charge in [-0.1, -0.05) is 0 Å². The second-order valence-corrected chi connectivity index (χ2v) is 6.53. The van der Waals surface area contributed by atoms with Gasteiger partial charge < -0.3 is 14.6 Å². The Labute approximate surface area is 133 Å². The molecule has 1 aliphatic rings. The van der Waals surface area contributed by atoms with Crippen LogP contribution in [0.5, 0.6) is 0 Å². The third-order valence-corrected chi connectivity index (χ3v) is 3.29. The molecule has 1 aromatic carbocycles. The van der Waals surface area contributed by atoms with Crippen LogP contribution in [0.15, 0.2) is 18.2 Å². The Morgan fingerprint density at radius 2 is 2.04 bits per heavy atom. The standard InChI is InChI=1S/C16H21F2NO4/c1-16(2,3)23-15(21)19(11-7-12(20)9-22-8-11)14-6-10(17)4-5-13(14)18/h4-6,11-12,20H,7-9H2,1-3H3/t11-,12?/m0/s1. The number of rotatable bonds is 2. The lowest BCUT2D eigenvalue weighted by Crippen LogP contribution is -2.50. The summed E-state index contributed by atoms with van der Waals surface area (Å²) in [5, 5.41) is 9.74. The molecule has 1 aromatic rings. The van der Waals surface area contributed by atoms with Gasteiger partial charge in [0.2, 0.25) is 0 Å². The molecular formula is C16H21F2NO4. The van der Waals surface area contributed by atoms with Gasteiger partial charge in [-0.2, -0.15) is 0 Å². The van der Waals surface area contributed by atoms with Crippen LogP contribution in [0.25, 0.3) is 0 Å². The molecule has 128 valence electrons. The number of carbonyl (C=O) groups is 1. The number of hydrogen-bond donors (Lipinski definition) is 1. The van der Waals surface area contributed by atoms with E-state index in [9.17, 15) is 18.7 Å². The first-order chi connectivity index (χ1) is 10.7. The van der Waals surface area contributed by atoms with Crippen LogP contribution < -0.4 is 4.90 Å². The van der Waals surface area contributed by atoms with Crippen LogP contribution in [0, 0.1) is 11.6 Å². The van der Waals surface area contributed by atoms with E-state index in [4.69, 9.17) is 9.47 Å². The fourth-order valence-electron chi connectivity index (χ4n) is 2.40. The lowest BCUT2D eigenvalue weighted by Gasteiger charge is -2.36. The minimum Gasteiger partial charge on any atom is -0.443 e. The molecule has 0 aromatic heterocycles. The number of benzene rings is 1. The van der Waals surface area contributed by atoms with Crippen LogP contribution in [0.2, 0.25) is 0 Å². The number of amides is 1. The fourth-order valence-corrected chi connectivity index (χ4v) is 2.40. The second-order valence-electron chi connectivity index (χ2n) is 6.53. The van der Waals surface area contributed by atoms with Gasteiger partial charge in [-0.05, 0) is 39.3 Å². The van der Waals surface area contributed by atoms with E-state index in [1.807, 2.05) is 0 Å². The SMILES string of the molecule is CC(C)(C)OC(=O)N(c1cc(F)ccc1F)[C@@H]1COCC(O)C1. The first-order valence-electron chi connectivity index (χ1n) is 7.40. The highest BCUT2D eigenvalue weighted by Gasteiger charge is 2.35. The minimum atomic E-state index is -0.815. The maximum Gasteiger partial charge on any atom is 0.415 e. The van der Waals surface area contributed by atoms with E-state index in [2.05, 4.69) is 0 Å². The van der Waals surface area contributed by atoms with Crippen LogP contribution >= 0.6 is 0 Å². The molecule has 2 atom stereocenters. The number of halogens is 2. The van der Waals surface area contributed by atoms with Crippen molar-refractivity contribution in [3.05, 3.63) is 29.8 Å². The number of anilines is 1. The summed E-state index contributed by atoms with van der Waals surface area (Å²) in [7, 11) is 0. The molecule has 0 radical (unpaired) electrons. The van der Waals surface area contributed by atoms with Crippen molar-refractivity contribution in [2.45, 2.75) is 44.9 Å². The Bertz CT molecular complexity index is 574. The summed E-state index contributed by atoms with van der Waals surface area (Å²) in [5.41, 5.74) is -1.03. The zero-order valence-electron chi connectivity index (χ0n) is 13.4. The molecule has 0 aliphatic carbocycles. The highest BCUT2D eigenvalue weighted by molar-refractivity contribution is 5.88. The van der Waals surface area contributed by atoms with Gasteiger partial charge in [0, 0.05) is 6.07 Å². The predicted octanol–water partition coefficient (Wildman–Crippen LogP) is 2.86.